The van der Waals surface area contributed by atoms with Gasteiger partial charge in [0.2, 0.25) is 0 Å². The number of para-hydroxylation sites is 6. The Balaban J connectivity index is 1.60. The molecule has 0 atom stereocenters. The Morgan fingerprint density at radius 1 is 0.296 bits per heavy atom. The lowest BCUT2D eigenvalue weighted by atomic mass is 10.3. The summed E-state index contributed by atoms with van der Waals surface area (Å²) in [4.78, 5) is 0. The lowest BCUT2D eigenvalue weighted by Crippen LogP contribution is -1.93. The first-order valence-electron chi connectivity index (χ1n) is 8.70. The van der Waals surface area contributed by atoms with Crippen LogP contribution >= 0.6 is 0 Å². The Bertz CT molecular complexity index is 915. The van der Waals surface area contributed by atoms with E-state index < -0.39 is 0 Å². The molecular weight excluding hydrogens is 336 g/mol. The monoisotopic (exact) mass is 354 g/mol. The van der Waals surface area contributed by atoms with Crippen molar-refractivity contribution in [1.29, 1.82) is 0 Å². The molecule has 0 N–H and O–H groups in total. The van der Waals surface area contributed by atoms with E-state index in [1.165, 1.54) is 0 Å². The zero-order valence-corrected chi connectivity index (χ0v) is 14.6. The van der Waals surface area contributed by atoms with Gasteiger partial charge in [-0.3, -0.25) is 0 Å². The first-order chi connectivity index (χ1) is 13.4. The number of benzene rings is 4. The van der Waals surface area contributed by atoms with Gasteiger partial charge >= 0.3 is 0 Å². The van der Waals surface area contributed by atoms with Gasteiger partial charge in [0, 0.05) is 0 Å². The SMILES string of the molecule is c1ccc(Oc2ccccc2Oc2ccccc2Oc2ccccc2)cc1. The summed E-state index contributed by atoms with van der Waals surface area (Å²) in [5, 5.41) is 0. The molecule has 0 heterocycles. The Morgan fingerprint density at radius 2 is 0.593 bits per heavy atom. The fourth-order valence-corrected chi connectivity index (χ4v) is 2.59. The van der Waals surface area contributed by atoms with E-state index in [1.54, 1.807) is 0 Å². The second-order valence-electron chi connectivity index (χ2n) is 5.83. The van der Waals surface area contributed by atoms with Gasteiger partial charge in [0.25, 0.3) is 0 Å². The highest BCUT2D eigenvalue weighted by Gasteiger charge is 2.11. The van der Waals surface area contributed by atoms with Crippen LogP contribution in [0.4, 0.5) is 0 Å². The molecule has 0 unspecified atom stereocenters. The molecule has 0 aromatic heterocycles. The standard InChI is InChI=1S/C24H18O3/c1-3-11-19(12-4-1)25-21-15-7-9-17-23(21)27-24-18-10-8-16-22(24)26-20-13-5-2-6-14-20/h1-18H. The van der Waals surface area contributed by atoms with Crippen molar-refractivity contribution in [1.82, 2.24) is 0 Å². The lowest BCUT2D eigenvalue weighted by Gasteiger charge is -2.15. The van der Waals surface area contributed by atoms with Crippen LogP contribution in [-0.2, 0) is 0 Å². The van der Waals surface area contributed by atoms with Gasteiger partial charge in [0.05, 0.1) is 0 Å². The quantitative estimate of drug-likeness (QED) is 0.371. The van der Waals surface area contributed by atoms with Crippen LogP contribution in [-0.4, -0.2) is 0 Å². The minimum atomic E-state index is 0.616. The Labute approximate surface area is 158 Å². The van der Waals surface area contributed by atoms with E-state index in [0.717, 1.165) is 11.5 Å². The van der Waals surface area contributed by atoms with Crippen LogP contribution in [0.3, 0.4) is 0 Å². The Hall–Kier alpha value is -3.72. The Morgan fingerprint density at radius 3 is 0.963 bits per heavy atom. The van der Waals surface area contributed by atoms with E-state index in [0.29, 0.717) is 23.0 Å². The van der Waals surface area contributed by atoms with E-state index in [4.69, 9.17) is 14.2 Å². The third-order valence-corrected chi connectivity index (χ3v) is 3.86. The van der Waals surface area contributed by atoms with Crippen molar-refractivity contribution in [2.24, 2.45) is 0 Å². The minimum Gasteiger partial charge on any atom is -0.453 e. The molecule has 0 bridgehead atoms. The summed E-state index contributed by atoms with van der Waals surface area (Å²) in [7, 11) is 0. The number of ether oxygens (including phenoxy) is 3. The molecule has 4 rings (SSSR count). The summed E-state index contributed by atoms with van der Waals surface area (Å²) in [6, 6.07) is 34.4. The topological polar surface area (TPSA) is 27.7 Å². The van der Waals surface area contributed by atoms with E-state index in [2.05, 4.69) is 0 Å². The minimum absolute atomic E-state index is 0.616. The molecule has 0 amide bonds. The average Bonchev–Trinajstić information content (AvgIpc) is 2.72. The van der Waals surface area contributed by atoms with Crippen LogP contribution in [0.2, 0.25) is 0 Å². The predicted molar refractivity (Wildman–Crippen MR) is 106 cm³/mol. The molecule has 3 nitrogen and oxygen atoms in total. The van der Waals surface area contributed by atoms with Gasteiger partial charge in [-0.25, -0.2) is 0 Å². The summed E-state index contributed by atoms with van der Waals surface area (Å²) in [6.07, 6.45) is 0. The highest BCUT2D eigenvalue weighted by Crippen LogP contribution is 2.39. The van der Waals surface area contributed by atoms with Crippen LogP contribution in [0, 0.1) is 0 Å². The molecule has 0 saturated heterocycles. The zero-order valence-electron chi connectivity index (χ0n) is 14.6. The molecule has 27 heavy (non-hydrogen) atoms. The van der Waals surface area contributed by atoms with Crippen LogP contribution in [0.15, 0.2) is 109 Å². The van der Waals surface area contributed by atoms with Gasteiger partial charge in [-0.1, -0.05) is 60.7 Å². The highest BCUT2D eigenvalue weighted by atomic mass is 16.5. The van der Waals surface area contributed by atoms with E-state index >= 15 is 0 Å². The number of hydrogen-bond acceptors (Lipinski definition) is 3. The maximum Gasteiger partial charge on any atom is 0.170 e. The van der Waals surface area contributed by atoms with E-state index in [1.807, 2.05) is 109 Å². The van der Waals surface area contributed by atoms with Crippen LogP contribution in [0.5, 0.6) is 34.5 Å². The number of rotatable bonds is 6. The van der Waals surface area contributed by atoms with Crippen molar-refractivity contribution >= 4 is 0 Å². The summed E-state index contributed by atoms with van der Waals surface area (Å²) in [5.74, 6) is 4.01. The highest BCUT2D eigenvalue weighted by molar-refractivity contribution is 5.49. The molecule has 132 valence electrons. The molecule has 0 radical (unpaired) electrons. The summed E-state index contributed by atoms with van der Waals surface area (Å²) >= 11 is 0. The van der Waals surface area contributed by atoms with Crippen LogP contribution in [0.1, 0.15) is 0 Å². The molecule has 0 aliphatic heterocycles. The fourth-order valence-electron chi connectivity index (χ4n) is 2.59. The van der Waals surface area contributed by atoms with Gasteiger partial charge in [0.1, 0.15) is 11.5 Å². The maximum absolute atomic E-state index is 6.14. The molecule has 0 saturated carbocycles. The van der Waals surface area contributed by atoms with Gasteiger partial charge in [0.15, 0.2) is 23.0 Å². The van der Waals surface area contributed by atoms with E-state index in [-0.39, 0.29) is 0 Å². The van der Waals surface area contributed by atoms with Crippen molar-refractivity contribution in [3.63, 3.8) is 0 Å². The van der Waals surface area contributed by atoms with Gasteiger partial charge in [-0.15, -0.1) is 0 Å². The normalized spacial score (nSPS) is 10.2. The first kappa shape index (κ1) is 16.7. The third-order valence-electron chi connectivity index (χ3n) is 3.86. The third kappa shape index (κ3) is 4.28. The smallest absolute Gasteiger partial charge is 0.170 e. The fraction of sp³-hybridized carbons (Fsp3) is 0. The molecule has 0 fully saturated rings. The van der Waals surface area contributed by atoms with Gasteiger partial charge in [-0.2, -0.15) is 0 Å². The maximum atomic E-state index is 6.14. The second kappa shape index (κ2) is 8.11. The van der Waals surface area contributed by atoms with Crippen LogP contribution in [0.25, 0.3) is 0 Å². The summed E-state index contributed by atoms with van der Waals surface area (Å²) in [6.45, 7) is 0. The summed E-state index contributed by atoms with van der Waals surface area (Å²) < 4.78 is 18.1. The van der Waals surface area contributed by atoms with Crippen molar-refractivity contribution in [2.45, 2.75) is 0 Å². The van der Waals surface area contributed by atoms with Gasteiger partial charge < -0.3 is 14.2 Å². The van der Waals surface area contributed by atoms with Gasteiger partial charge in [-0.05, 0) is 48.5 Å². The molecule has 0 spiro atoms. The summed E-state index contributed by atoms with van der Waals surface area (Å²) in [5.41, 5.74) is 0. The molecule has 0 aliphatic rings. The first-order valence-corrected chi connectivity index (χ1v) is 8.70. The second-order valence-corrected chi connectivity index (χ2v) is 5.83. The van der Waals surface area contributed by atoms with Crippen molar-refractivity contribution in [3.8, 4) is 34.5 Å². The number of hydrogen-bond donors (Lipinski definition) is 0. The lowest BCUT2D eigenvalue weighted by molar-refractivity contribution is 0.394. The molecular formula is C24H18O3. The average molecular weight is 354 g/mol. The van der Waals surface area contributed by atoms with E-state index in [9.17, 15) is 0 Å². The predicted octanol–water partition coefficient (Wildman–Crippen LogP) is 7.06. The largest absolute Gasteiger partial charge is 0.453 e. The zero-order chi connectivity index (χ0) is 18.3. The van der Waals surface area contributed by atoms with Crippen molar-refractivity contribution in [2.75, 3.05) is 0 Å². The van der Waals surface area contributed by atoms with Crippen molar-refractivity contribution in [3.05, 3.63) is 109 Å². The van der Waals surface area contributed by atoms with Crippen LogP contribution < -0.4 is 14.2 Å². The Kier molecular flexibility index (Phi) is 5.02. The molecule has 4 aromatic carbocycles. The molecule has 0 aliphatic carbocycles. The molecule has 3 heteroatoms. The molecule has 4 aromatic rings. The van der Waals surface area contributed by atoms with Crippen molar-refractivity contribution < 1.29 is 14.2 Å².